The second-order valence-electron chi connectivity index (χ2n) is 5.63. The van der Waals surface area contributed by atoms with Crippen LogP contribution < -0.4 is 5.32 Å². The Balaban J connectivity index is 2.69. The van der Waals surface area contributed by atoms with Gasteiger partial charge >= 0.3 is 0 Å². The average Bonchev–Trinajstić information content (AvgIpc) is 2.22. The highest BCUT2D eigenvalue weighted by Crippen LogP contribution is 2.26. The molecule has 0 saturated carbocycles. The van der Waals surface area contributed by atoms with E-state index in [2.05, 4.69) is 67.1 Å². The first-order valence-electron chi connectivity index (χ1n) is 6.44. The van der Waals surface area contributed by atoms with Crippen LogP contribution in [0.2, 0.25) is 0 Å². The van der Waals surface area contributed by atoms with Gasteiger partial charge in [0.2, 0.25) is 0 Å². The Bertz CT molecular complexity index is 352. The molecule has 1 rings (SSSR count). The van der Waals surface area contributed by atoms with E-state index < -0.39 is 0 Å². The fourth-order valence-electron chi connectivity index (χ4n) is 1.72. The van der Waals surface area contributed by atoms with Gasteiger partial charge in [0.25, 0.3) is 0 Å². The lowest BCUT2D eigenvalue weighted by molar-refractivity contribution is 0.586. The lowest BCUT2D eigenvalue weighted by Crippen LogP contribution is -2.16. The second-order valence-corrected chi connectivity index (χ2v) is 6.54. The van der Waals surface area contributed by atoms with Crippen LogP contribution in [-0.2, 0) is 12.0 Å². The monoisotopic (exact) mass is 297 g/mol. The molecule has 1 aromatic rings. The van der Waals surface area contributed by atoms with Crippen LogP contribution in [0.3, 0.4) is 0 Å². The molecule has 0 fully saturated rings. The lowest BCUT2D eigenvalue weighted by atomic mass is 9.86. The minimum Gasteiger partial charge on any atom is -0.313 e. The molecule has 0 spiro atoms. The Morgan fingerprint density at radius 2 is 1.88 bits per heavy atom. The molecule has 17 heavy (non-hydrogen) atoms. The molecule has 0 saturated heterocycles. The van der Waals surface area contributed by atoms with Crippen LogP contribution in [0.4, 0.5) is 0 Å². The Morgan fingerprint density at radius 1 is 1.18 bits per heavy atom. The molecule has 0 aromatic heterocycles. The van der Waals surface area contributed by atoms with E-state index in [1.54, 1.807) is 0 Å². The van der Waals surface area contributed by atoms with Crippen molar-refractivity contribution in [3.63, 3.8) is 0 Å². The summed E-state index contributed by atoms with van der Waals surface area (Å²) in [7, 11) is 0. The summed E-state index contributed by atoms with van der Waals surface area (Å²) in [6.07, 6.45) is 2.50. The zero-order valence-electron chi connectivity index (χ0n) is 11.4. The van der Waals surface area contributed by atoms with Crippen LogP contribution in [0, 0.1) is 0 Å². The number of benzene rings is 1. The molecule has 0 radical (unpaired) electrons. The highest BCUT2D eigenvalue weighted by Gasteiger charge is 2.14. The van der Waals surface area contributed by atoms with Crippen LogP contribution in [-0.4, -0.2) is 6.54 Å². The van der Waals surface area contributed by atoms with Gasteiger partial charge in [-0.3, -0.25) is 0 Å². The van der Waals surface area contributed by atoms with Gasteiger partial charge in [-0.05, 0) is 41.6 Å². The molecule has 0 aliphatic carbocycles. The van der Waals surface area contributed by atoms with Gasteiger partial charge in [-0.25, -0.2) is 0 Å². The first-order chi connectivity index (χ1) is 7.93. The number of hydrogen-bond donors (Lipinski definition) is 1. The summed E-state index contributed by atoms with van der Waals surface area (Å²) in [5.41, 5.74) is 2.96. The molecule has 0 amide bonds. The smallest absolute Gasteiger partial charge is 0.0206 e. The van der Waals surface area contributed by atoms with E-state index in [1.807, 2.05) is 0 Å². The molecule has 96 valence electrons. The molecule has 0 atom stereocenters. The highest BCUT2D eigenvalue weighted by molar-refractivity contribution is 9.10. The number of rotatable bonds is 5. The molecule has 0 heterocycles. The third kappa shape index (κ3) is 5.22. The zero-order chi connectivity index (χ0) is 12.9. The van der Waals surface area contributed by atoms with Crippen LogP contribution in [0.15, 0.2) is 22.7 Å². The SMILES string of the molecule is CCCCNCc1cc(Br)cc(C(C)(C)C)c1. The molecule has 1 N–H and O–H groups in total. The number of unbranched alkanes of at least 4 members (excludes halogenated alkanes) is 1. The van der Waals surface area contributed by atoms with Crippen LogP contribution in [0.5, 0.6) is 0 Å². The highest BCUT2D eigenvalue weighted by atomic mass is 79.9. The predicted molar refractivity (Wildman–Crippen MR) is 79.5 cm³/mol. The zero-order valence-corrected chi connectivity index (χ0v) is 13.0. The molecule has 0 aliphatic heterocycles. The lowest BCUT2D eigenvalue weighted by Gasteiger charge is -2.20. The molecule has 0 aliphatic rings. The molecule has 0 bridgehead atoms. The summed E-state index contributed by atoms with van der Waals surface area (Å²) in [6, 6.07) is 6.73. The minimum atomic E-state index is 0.210. The van der Waals surface area contributed by atoms with Crippen molar-refractivity contribution in [1.82, 2.24) is 5.32 Å². The normalized spacial score (nSPS) is 11.8. The van der Waals surface area contributed by atoms with Crippen molar-refractivity contribution in [3.8, 4) is 0 Å². The van der Waals surface area contributed by atoms with Crippen molar-refractivity contribution < 1.29 is 0 Å². The van der Waals surface area contributed by atoms with Crippen molar-refractivity contribution in [3.05, 3.63) is 33.8 Å². The predicted octanol–water partition coefficient (Wildman–Crippen LogP) is 4.64. The summed E-state index contributed by atoms with van der Waals surface area (Å²) in [5, 5.41) is 3.49. The fourth-order valence-corrected chi connectivity index (χ4v) is 2.26. The number of halogens is 1. The van der Waals surface area contributed by atoms with Gasteiger partial charge in [0.05, 0.1) is 0 Å². The first-order valence-corrected chi connectivity index (χ1v) is 7.23. The third-order valence-corrected chi connectivity index (χ3v) is 3.32. The minimum absolute atomic E-state index is 0.210. The van der Waals surface area contributed by atoms with Gasteiger partial charge < -0.3 is 5.32 Å². The van der Waals surface area contributed by atoms with Crippen LogP contribution in [0.1, 0.15) is 51.7 Å². The Hall–Kier alpha value is -0.340. The largest absolute Gasteiger partial charge is 0.313 e. The van der Waals surface area contributed by atoms with E-state index in [9.17, 15) is 0 Å². The maximum absolute atomic E-state index is 3.60. The van der Waals surface area contributed by atoms with Gasteiger partial charge in [-0.15, -0.1) is 0 Å². The number of nitrogens with one attached hydrogen (secondary N) is 1. The number of hydrogen-bond acceptors (Lipinski definition) is 1. The van der Waals surface area contributed by atoms with E-state index in [0.29, 0.717) is 0 Å². The topological polar surface area (TPSA) is 12.0 Å². The summed E-state index contributed by atoms with van der Waals surface area (Å²) in [4.78, 5) is 0. The Kier molecular flexibility index (Phi) is 5.68. The van der Waals surface area contributed by atoms with Crippen molar-refractivity contribution in [2.75, 3.05) is 6.54 Å². The maximum atomic E-state index is 3.60. The maximum Gasteiger partial charge on any atom is 0.0206 e. The van der Waals surface area contributed by atoms with Gasteiger partial charge in [0.15, 0.2) is 0 Å². The summed E-state index contributed by atoms with van der Waals surface area (Å²) in [5.74, 6) is 0. The fraction of sp³-hybridized carbons (Fsp3) is 0.600. The summed E-state index contributed by atoms with van der Waals surface area (Å²) in [6.45, 7) is 11.0. The van der Waals surface area contributed by atoms with Gasteiger partial charge in [0.1, 0.15) is 0 Å². The Labute approximate surface area is 114 Å². The Morgan fingerprint density at radius 3 is 2.47 bits per heavy atom. The summed E-state index contributed by atoms with van der Waals surface area (Å²) >= 11 is 3.60. The summed E-state index contributed by atoms with van der Waals surface area (Å²) < 4.78 is 1.18. The van der Waals surface area contributed by atoms with E-state index in [-0.39, 0.29) is 5.41 Å². The van der Waals surface area contributed by atoms with Crippen molar-refractivity contribution >= 4 is 15.9 Å². The molecule has 2 heteroatoms. The van der Waals surface area contributed by atoms with E-state index in [1.165, 1.54) is 28.4 Å². The van der Waals surface area contributed by atoms with Crippen molar-refractivity contribution in [1.29, 1.82) is 0 Å². The molecular weight excluding hydrogens is 274 g/mol. The van der Waals surface area contributed by atoms with Gasteiger partial charge in [-0.2, -0.15) is 0 Å². The van der Waals surface area contributed by atoms with Crippen LogP contribution in [0.25, 0.3) is 0 Å². The molecular formula is C15H24BrN. The van der Waals surface area contributed by atoms with E-state index >= 15 is 0 Å². The molecule has 1 nitrogen and oxygen atoms in total. The van der Waals surface area contributed by atoms with Crippen LogP contribution >= 0.6 is 15.9 Å². The molecule has 0 unspecified atom stereocenters. The first kappa shape index (κ1) is 14.7. The molecule has 1 aromatic carbocycles. The van der Waals surface area contributed by atoms with Gasteiger partial charge in [0, 0.05) is 11.0 Å². The standard InChI is InChI=1S/C15H24BrN/c1-5-6-7-17-11-12-8-13(15(2,3)4)10-14(16)9-12/h8-10,17H,5-7,11H2,1-4H3. The van der Waals surface area contributed by atoms with E-state index in [4.69, 9.17) is 0 Å². The van der Waals surface area contributed by atoms with E-state index in [0.717, 1.165) is 13.1 Å². The van der Waals surface area contributed by atoms with Crippen molar-refractivity contribution in [2.45, 2.75) is 52.5 Å². The quantitative estimate of drug-likeness (QED) is 0.781. The average molecular weight is 298 g/mol. The van der Waals surface area contributed by atoms with Crippen molar-refractivity contribution in [2.24, 2.45) is 0 Å². The third-order valence-electron chi connectivity index (χ3n) is 2.86. The second kappa shape index (κ2) is 6.55. The van der Waals surface area contributed by atoms with Gasteiger partial charge in [-0.1, -0.05) is 56.1 Å².